The van der Waals surface area contributed by atoms with Crippen LogP contribution in [0, 0.1) is 11.8 Å². The van der Waals surface area contributed by atoms with Crippen LogP contribution in [-0.2, 0) is 4.79 Å². The Kier molecular flexibility index (Phi) is 5.72. The maximum atomic E-state index is 12.0. The molecule has 2 aliphatic carbocycles. The average Bonchev–Trinajstić information content (AvgIpc) is 2.64. The first-order valence-corrected chi connectivity index (χ1v) is 8.86. The van der Waals surface area contributed by atoms with E-state index in [9.17, 15) is 4.79 Å². The van der Waals surface area contributed by atoms with Gasteiger partial charge in [-0.15, -0.1) is 0 Å². The van der Waals surface area contributed by atoms with Crippen molar-refractivity contribution in [3.05, 3.63) is 24.3 Å². The summed E-state index contributed by atoms with van der Waals surface area (Å²) < 4.78 is 10.7. The highest BCUT2D eigenvalue weighted by atomic mass is 16.5. The van der Waals surface area contributed by atoms with Gasteiger partial charge in [0.1, 0.15) is 0 Å². The van der Waals surface area contributed by atoms with Gasteiger partial charge in [0.05, 0.1) is 7.11 Å². The number of carbonyl (C=O) groups is 1. The first-order chi connectivity index (χ1) is 11.8. The summed E-state index contributed by atoms with van der Waals surface area (Å²) in [7, 11) is 1.58. The molecular weight excluding hydrogens is 304 g/mol. The minimum atomic E-state index is -0.237. The van der Waals surface area contributed by atoms with Crippen molar-refractivity contribution in [1.82, 2.24) is 5.43 Å². The molecular formula is C19H26N2O3. The number of methoxy groups -OCH3 is 1. The highest BCUT2D eigenvalue weighted by Crippen LogP contribution is 2.39. The van der Waals surface area contributed by atoms with Crippen molar-refractivity contribution in [3.63, 3.8) is 0 Å². The summed E-state index contributed by atoms with van der Waals surface area (Å²) >= 11 is 0. The standard InChI is InChI=1S/C19H26N2O3/c1-23-17-8-4-5-9-18(17)24-13-19(22)21-20-16-11-10-14-6-2-3-7-15(14)12-16/h4-5,8-9,14-15H,2-3,6-7,10-13H2,1H3,(H,21,22)/b20-16-/t14-,15+/m0/s1. The van der Waals surface area contributed by atoms with Crippen LogP contribution in [0.1, 0.15) is 44.9 Å². The number of nitrogens with one attached hydrogen (secondary N) is 1. The first kappa shape index (κ1) is 16.8. The van der Waals surface area contributed by atoms with E-state index in [1.54, 1.807) is 19.2 Å². The Morgan fingerprint density at radius 3 is 2.71 bits per heavy atom. The van der Waals surface area contributed by atoms with Crippen molar-refractivity contribution in [2.75, 3.05) is 13.7 Å². The monoisotopic (exact) mass is 330 g/mol. The molecule has 0 aliphatic heterocycles. The molecule has 2 atom stereocenters. The Balaban J connectivity index is 1.47. The Bertz CT molecular complexity index is 600. The van der Waals surface area contributed by atoms with Crippen molar-refractivity contribution in [1.29, 1.82) is 0 Å². The third kappa shape index (κ3) is 4.28. The second kappa shape index (κ2) is 8.18. The second-order valence-corrected chi connectivity index (χ2v) is 6.70. The van der Waals surface area contributed by atoms with Crippen molar-refractivity contribution >= 4 is 11.6 Å². The van der Waals surface area contributed by atoms with E-state index in [0.29, 0.717) is 11.5 Å². The normalized spacial score (nSPS) is 25.0. The van der Waals surface area contributed by atoms with Crippen LogP contribution in [0.4, 0.5) is 0 Å². The van der Waals surface area contributed by atoms with Crippen LogP contribution in [0.25, 0.3) is 0 Å². The topological polar surface area (TPSA) is 59.9 Å². The number of hydrogen-bond donors (Lipinski definition) is 1. The largest absolute Gasteiger partial charge is 0.493 e. The lowest BCUT2D eigenvalue weighted by molar-refractivity contribution is -0.123. The Hall–Kier alpha value is -2.04. The van der Waals surface area contributed by atoms with Gasteiger partial charge in [-0.2, -0.15) is 5.10 Å². The zero-order chi connectivity index (χ0) is 16.8. The number of amides is 1. The highest BCUT2D eigenvalue weighted by molar-refractivity contribution is 5.87. The number of fused-ring (bicyclic) bond motifs is 1. The highest BCUT2D eigenvalue weighted by Gasteiger charge is 2.30. The number of hydrazone groups is 1. The molecule has 0 saturated heterocycles. The van der Waals surface area contributed by atoms with Gasteiger partial charge in [-0.25, -0.2) is 5.43 Å². The average molecular weight is 330 g/mol. The lowest BCUT2D eigenvalue weighted by Gasteiger charge is -2.35. The fraction of sp³-hybridized carbons (Fsp3) is 0.579. The minimum absolute atomic E-state index is 0.0663. The molecule has 5 nitrogen and oxygen atoms in total. The molecule has 24 heavy (non-hydrogen) atoms. The smallest absolute Gasteiger partial charge is 0.277 e. The first-order valence-electron chi connectivity index (χ1n) is 8.86. The number of nitrogens with zero attached hydrogens (tertiary/aromatic N) is 1. The summed E-state index contributed by atoms with van der Waals surface area (Å²) in [5.41, 5.74) is 3.77. The SMILES string of the molecule is COc1ccccc1OCC(=O)N/N=C1/CC[C@@H]2CCCC[C@@H]2C1. The molecule has 3 rings (SSSR count). The van der Waals surface area contributed by atoms with Crippen molar-refractivity contribution < 1.29 is 14.3 Å². The molecule has 2 saturated carbocycles. The second-order valence-electron chi connectivity index (χ2n) is 6.70. The fourth-order valence-corrected chi connectivity index (χ4v) is 3.85. The van der Waals surface area contributed by atoms with E-state index in [4.69, 9.17) is 9.47 Å². The van der Waals surface area contributed by atoms with Crippen molar-refractivity contribution in [2.24, 2.45) is 16.9 Å². The van der Waals surface area contributed by atoms with Crippen LogP contribution in [0.3, 0.4) is 0 Å². The minimum Gasteiger partial charge on any atom is -0.493 e. The number of para-hydroxylation sites is 2. The zero-order valence-corrected chi connectivity index (χ0v) is 14.3. The predicted octanol–water partition coefficient (Wildman–Crippen LogP) is 3.54. The maximum Gasteiger partial charge on any atom is 0.277 e. The van der Waals surface area contributed by atoms with E-state index in [1.807, 2.05) is 12.1 Å². The van der Waals surface area contributed by atoms with E-state index < -0.39 is 0 Å². The van der Waals surface area contributed by atoms with Gasteiger partial charge in [0.2, 0.25) is 0 Å². The van der Waals surface area contributed by atoms with Crippen LogP contribution in [0.2, 0.25) is 0 Å². The van der Waals surface area contributed by atoms with Gasteiger partial charge in [-0.1, -0.05) is 31.4 Å². The van der Waals surface area contributed by atoms with Gasteiger partial charge >= 0.3 is 0 Å². The molecule has 0 bridgehead atoms. The van der Waals surface area contributed by atoms with Crippen molar-refractivity contribution in [2.45, 2.75) is 44.9 Å². The molecule has 0 radical (unpaired) electrons. The summed E-state index contributed by atoms with van der Waals surface area (Å²) in [6.07, 6.45) is 8.67. The molecule has 1 aromatic rings. The number of carbonyl (C=O) groups excluding carboxylic acids is 1. The van der Waals surface area contributed by atoms with Gasteiger partial charge in [0, 0.05) is 5.71 Å². The molecule has 130 valence electrons. The molecule has 0 unspecified atom stereocenters. The molecule has 5 heteroatoms. The molecule has 1 N–H and O–H groups in total. The molecule has 2 aliphatic rings. The third-order valence-corrected chi connectivity index (χ3v) is 5.13. The van der Waals surface area contributed by atoms with Crippen LogP contribution < -0.4 is 14.9 Å². The zero-order valence-electron chi connectivity index (χ0n) is 14.3. The molecule has 2 fully saturated rings. The van der Waals surface area contributed by atoms with Crippen LogP contribution in [0.5, 0.6) is 11.5 Å². The summed E-state index contributed by atoms with van der Waals surface area (Å²) in [6, 6.07) is 7.29. The Morgan fingerprint density at radius 1 is 1.17 bits per heavy atom. The fourth-order valence-electron chi connectivity index (χ4n) is 3.85. The van der Waals surface area contributed by atoms with Crippen molar-refractivity contribution in [3.8, 4) is 11.5 Å². The quantitative estimate of drug-likeness (QED) is 0.840. The molecule has 0 heterocycles. The van der Waals surface area contributed by atoms with E-state index in [1.165, 1.54) is 32.1 Å². The summed E-state index contributed by atoms with van der Waals surface area (Å²) in [4.78, 5) is 12.0. The molecule has 0 aromatic heterocycles. The van der Waals surface area contributed by atoms with E-state index >= 15 is 0 Å². The van der Waals surface area contributed by atoms with Gasteiger partial charge in [0.15, 0.2) is 18.1 Å². The molecule has 1 amide bonds. The van der Waals surface area contributed by atoms with Gasteiger partial charge in [0.25, 0.3) is 5.91 Å². The lowest BCUT2D eigenvalue weighted by atomic mass is 9.70. The third-order valence-electron chi connectivity index (χ3n) is 5.13. The number of rotatable bonds is 5. The number of benzene rings is 1. The van der Waals surface area contributed by atoms with Gasteiger partial charge in [-0.05, 0) is 49.7 Å². The predicted molar refractivity (Wildman–Crippen MR) is 93.4 cm³/mol. The van der Waals surface area contributed by atoms with Crippen LogP contribution in [0.15, 0.2) is 29.4 Å². The summed E-state index contributed by atoms with van der Waals surface area (Å²) in [6.45, 7) is -0.0663. The van der Waals surface area contributed by atoms with Gasteiger partial charge < -0.3 is 9.47 Å². The molecule has 1 aromatic carbocycles. The number of ether oxygens (including phenoxy) is 2. The Morgan fingerprint density at radius 2 is 1.92 bits per heavy atom. The van der Waals surface area contributed by atoms with E-state index in [-0.39, 0.29) is 12.5 Å². The Labute approximate surface area is 143 Å². The summed E-state index contributed by atoms with van der Waals surface area (Å²) in [5.74, 6) is 2.59. The van der Waals surface area contributed by atoms with E-state index in [0.717, 1.165) is 30.4 Å². The maximum absolute atomic E-state index is 12.0. The molecule has 0 spiro atoms. The number of hydrogen-bond acceptors (Lipinski definition) is 4. The van der Waals surface area contributed by atoms with Crippen LogP contribution in [-0.4, -0.2) is 25.3 Å². The van der Waals surface area contributed by atoms with E-state index in [2.05, 4.69) is 10.5 Å². The van der Waals surface area contributed by atoms with Crippen LogP contribution >= 0.6 is 0 Å². The lowest BCUT2D eigenvalue weighted by Crippen LogP contribution is -2.31. The summed E-state index contributed by atoms with van der Waals surface area (Å²) in [5, 5.41) is 4.33. The van der Waals surface area contributed by atoms with Gasteiger partial charge in [-0.3, -0.25) is 4.79 Å².